The minimum Gasteiger partial charge on any atom is -0.325 e. The molecule has 1 N–H and O–H groups in total. The van der Waals surface area contributed by atoms with Gasteiger partial charge in [-0.3, -0.25) is 9.59 Å². The van der Waals surface area contributed by atoms with Gasteiger partial charge in [0.05, 0.1) is 9.99 Å². The lowest BCUT2D eigenvalue weighted by molar-refractivity contribution is -0.138. The molecule has 0 aliphatic heterocycles. The van der Waals surface area contributed by atoms with Crippen molar-refractivity contribution in [1.82, 2.24) is 0 Å². The summed E-state index contributed by atoms with van der Waals surface area (Å²) in [7, 11) is 0. The quantitative estimate of drug-likeness (QED) is 0.477. The first-order valence-electron chi connectivity index (χ1n) is 5.67. The Labute approximate surface area is 128 Å². The third kappa shape index (κ3) is 3.94. The topological polar surface area (TPSA) is 46.2 Å². The van der Waals surface area contributed by atoms with E-state index >= 15 is 0 Å². The Morgan fingerprint density at radius 2 is 1.85 bits per heavy atom. The second-order valence-corrected chi connectivity index (χ2v) is 5.48. The number of hydrogen-bond donors (Lipinski definition) is 1. The van der Waals surface area contributed by atoms with Crippen molar-refractivity contribution in [3.63, 3.8) is 0 Å². The predicted molar refractivity (Wildman–Crippen MR) is 77.7 cm³/mol. The van der Waals surface area contributed by atoms with Gasteiger partial charge in [0.1, 0.15) is 5.41 Å². The Bertz CT molecular complexity index is 527. The summed E-state index contributed by atoms with van der Waals surface area (Å²) in [5.41, 5.74) is -2.12. The number of alkyl halides is 4. The molecule has 1 aromatic carbocycles. The van der Waals surface area contributed by atoms with Crippen molar-refractivity contribution < 1.29 is 22.8 Å². The fourth-order valence-corrected chi connectivity index (χ4v) is 2.31. The molecule has 0 atom stereocenters. The molecule has 3 nitrogen and oxygen atoms in total. The van der Waals surface area contributed by atoms with Crippen LogP contribution in [0, 0.1) is 5.41 Å². The average Bonchev–Trinajstić information content (AvgIpc) is 2.36. The van der Waals surface area contributed by atoms with Crippen LogP contribution in [0.3, 0.4) is 0 Å². The zero-order chi connectivity index (χ0) is 15.6. The number of carbonyl (C=O) groups is 2. The fraction of sp³-hybridized carbons (Fsp3) is 0.385. The summed E-state index contributed by atoms with van der Waals surface area (Å²) in [4.78, 5) is 23.6. The number of nitrogens with one attached hydrogen (secondary N) is 1. The van der Waals surface area contributed by atoms with Crippen molar-refractivity contribution in [2.24, 2.45) is 5.41 Å². The summed E-state index contributed by atoms with van der Waals surface area (Å²) in [5.74, 6) is -0.916. The third-order valence-corrected chi connectivity index (χ3v) is 3.53. The van der Waals surface area contributed by atoms with Crippen molar-refractivity contribution in [3.05, 3.63) is 29.8 Å². The lowest BCUT2D eigenvalue weighted by Crippen LogP contribution is -2.38. The Morgan fingerprint density at radius 3 is 2.35 bits per heavy atom. The number of Topliss-reactive ketones (excluding diaryl/α,β-unsaturated/α-hetero) is 1. The molecule has 0 aromatic heterocycles. The second kappa shape index (κ2) is 6.11. The van der Waals surface area contributed by atoms with E-state index in [2.05, 4.69) is 5.32 Å². The number of carbonyl (C=O) groups excluding carboxylic acids is 2. The molecule has 7 heteroatoms. The van der Waals surface area contributed by atoms with E-state index in [1.807, 2.05) is 22.6 Å². The van der Waals surface area contributed by atoms with Crippen LogP contribution >= 0.6 is 22.6 Å². The number of anilines is 1. The lowest BCUT2D eigenvalue weighted by atomic mass is 9.88. The van der Waals surface area contributed by atoms with Crippen LogP contribution in [0.4, 0.5) is 18.9 Å². The van der Waals surface area contributed by atoms with Gasteiger partial charge >= 0.3 is 6.18 Å². The molecule has 0 bridgehead atoms. The van der Waals surface area contributed by atoms with Gasteiger partial charge in [-0.15, -0.1) is 0 Å². The maximum absolute atomic E-state index is 12.6. The van der Waals surface area contributed by atoms with Crippen LogP contribution in [0.15, 0.2) is 24.3 Å². The summed E-state index contributed by atoms with van der Waals surface area (Å²) in [6, 6.07) is 4.29. The number of ketones is 1. The van der Waals surface area contributed by atoms with Crippen molar-refractivity contribution in [3.8, 4) is 0 Å². The molecule has 1 amide bonds. The summed E-state index contributed by atoms with van der Waals surface area (Å²) in [5, 5.41) is 2.35. The number of hydrogen-bond acceptors (Lipinski definition) is 2. The van der Waals surface area contributed by atoms with Gasteiger partial charge < -0.3 is 5.32 Å². The highest BCUT2D eigenvalue weighted by Gasteiger charge is 2.35. The molecule has 110 valence electrons. The van der Waals surface area contributed by atoms with Gasteiger partial charge in [0, 0.05) is 5.69 Å². The van der Waals surface area contributed by atoms with E-state index in [9.17, 15) is 22.8 Å². The largest absolute Gasteiger partial charge is 0.416 e. The van der Waals surface area contributed by atoms with Crippen LogP contribution in [0.25, 0.3) is 0 Å². The SMILES string of the molecule is CC(C)(C(=O)CI)C(=O)Nc1cccc(C(F)(F)F)c1. The van der Waals surface area contributed by atoms with Gasteiger partial charge in [-0.05, 0) is 32.0 Å². The first kappa shape index (κ1) is 16.9. The normalized spacial score (nSPS) is 12.1. The van der Waals surface area contributed by atoms with Gasteiger partial charge in [-0.1, -0.05) is 28.7 Å². The Balaban J connectivity index is 2.95. The van der Waals surface area contributed by atoms with E-state index in [-0.39, 0.29) is 15.9 Å². The molecule has 0 heterocycles. The average molecular weight is 399 g/mol. The summed E-state index contributed by atoms with van der Waals surface area (Å²) < 4.78 is 37.8. The molecule has 0 spiro atoms. The van der Waals surface area contributed by atoms with Crippen LogP contribution in [-0.2, 0) is 15.8 Å². The minimum atomic E-state index is -4.48. The number of halogens is 4. The molecular formula is C13H13F3INO2. The molecule has 1 rings (SSSR count). The third-order valence-electron chi connectivity index (χ3n) is 2.83. The molecule has 0 unspecified atom stereocenters. The second-order valence-electron chi connectivity index (χ2n) is 4.71. The van der Waals surface area contributed by atoms with Gasteiger partial charge in [0.2, 0.25) is 5.91 Å². The van der Waals surface area contributed by atoms with Crippen molar-refractivity contribution >= 4 is 40.0 Å². The minimum absolute atomic E-state index is 0.0131. The summed E-state index contributed by atoms with van der Waals surface area (Å²) >= 11 is 1.84. The van der Waals surface area contributed by atoms with Gasteiger partial charge in [0.25, 0.3) is 0 Å². The molecular weight excluding hydrogens is 386 g/mol. The Morgan fingerprint density at radius 1 is 1.25 bits per heavy atom. The fourth-order valence-electron chi connectivity index (χ4n) is 1.35. The van der Waals surface area contributed by atoms with E-state index in [1.165, 1.54) is 26.0 Å². The van der Waals surface area contributed by atoms with E-state index in [0.717, 1.165) is 12.1 Å². The van der Waals surface area contributed by atoms with Gasteiger partial charge in [0.15, 0.2) is 5.78 Å². The lowest BCUT2D eigenvalue weighted by Gasteiger charge is -2.21. The highest BCUT2D eigenvalue weighted by Crippen LogP contribution is 2.31. The highest BCUT2D eigenvalue weighted by molar-refractivity contribution is 14.1. The Kier molecular flexibility index (Phi) is 5.17. The first-order valence-corrected chi connectivity index (χ1v) is 7.19. The zero-order valence-electron chi connectivity index (χ0n) is 10.8. The van der Waals surface area contributed by atoms with Crippen LogP contribution in [-0.4, -0.2) is 16.1 Å². The number of rotatable bonds is 4. The van der Waals surface area contributed by atoms with Gasteiger partial charge in [-0.25, -0.2) is 0 Å². The highest BCUT2D eigenvalue weighted by atomic mass is 127. The van der Waals surface area contributed by atoms with Crippen LogP contribution < -0.4 is 5.32 Å². The van der Waals surface area contributed by atoms with E-state index < -0.39 is 23.1 Å². The standard InChI is InChI=1S/C13H13F3INO2/c1-12(2,10(19)7-17)11(20)18-9-5-3-4-8(6-9)13(14,15)16/h3-6H,7H2,1-2H3,(H,18,20). The zero-order valence-corrected chi connectivity index (χ0v) is 13.0. The van der Waals surface area contributed by atoms with Crippen LogP contribution in [0.2, 0.25) is 0 Å². The summed E-state index contributed by atoms with van der Waals surface area (Å²) in [6.45, 7) is 2.88. The molecule has 0 radical (unpaired) electrons. The molecule has 0 aliphatic carbocycles. The summed E-state index contributed by atoms with van der Waals surface area (Å²) in [6.07, 6.45) is -4.48. The predicted octanol–water partition coefficient (Wildman–Crippen LogP) is 3.67. The smallest absolute Gasteiger partial charge is 0.325 e. The van der Waals surface area contributed by atoms with Crippen molar-refractivity contribution in [2.75, 3.05) is 9.74 Å². The molecule has 0 saturated carbocycles. The molecule has 1 aromatic rings. The number of amides is 1. The number of benzene rings is 1. The van der Waals surface area contributed by atoms with Crippen LogP contribution in [0.1, 0.15) is 19.4 Å². The first-order chi connectivity index (χ1) is 9.09. The van der Waals surface area contributed by atoms with Crippen molar-refractivity contribution in [2.45, 2.75) is 20.0 Å². The van der Waals surface area contributed by atoms with E-state index in [0.29, 0.717) is 0 Å². The maximum atomic E-state index is 12.6. The Hall–Kier alpha value is -1.12. The monoisotopic (exact) mass is 399 g/mol. The van der Waals surface area contributed by atoms with E-state index in [4.69, 9.17) is 0 Å². The van der Waals surface area contributed by atoms with Crippen LogP contribution in [0.5, 0.6) is 0 Å². The molecule has 0 saturated heterocycles. The van der Waals surface area contributed by atoms with Gasteiger partial charge in [-0.2, -0.15) is 13.2 Å². The molecule has 20 heavy (non-hydrogen) atoms. The van der Waals surface area contributed by atoms with E-state index in [1.54, 1.807) is 0 Å². The molecule has 0 aliphatic rings. The maximum Gasteiger partial charge on any atom is 0.416 e. The molecule has 0 fully saturated rings. The van der Waals surface area contributed by atoms with Crippen molar-refractivity contribution in [1.29, 1.82) is 0 Å².